The smallest absolute Gasteiger partial charge is 0.305 e. The summed E-state index contributed by atoms with van der Waals surface area (Å²) in [6, 6.07) is 8.05. The van der Waals surface area contributed by atoms with Crippen molar-refractivity contribution in [3.05, 3.63) is 35.4 Å². The van der Waals surface area contributed by atoms with E-state index in [2.05, 4.69) is 9.64 Å². The van der Waals surface area contributed by atoms with E-state index in [4.69, 9.17) is 0 Å². The number of amides is 1. The van der Waals surface area contributed by atoms with Gasteiger partial charge in [0.05, 0.1) is 13.5 Å². The molecule has 126 valence electrons. The Morgan fingerprint density at radius 3 is 2.48 bits per heavy atom. The van der Waals surface area contributed by atoms with Crippen LogP contribution in [-0.4, -0.2) is 61.5 Å². The van der Waals surface area contributed by atoms with Gasteiger partial charge in [0.15, 0.2) is 0 Å². The second-order valence-electron chi connectivity index (χ2n) is 6.01. The molecule has 1 aromatic rings. The van der Waals surface area contributed by atoms with Crippen LogP contribution in [0.15, 0.2) is 24.3 Å². The van der Waals surface area contributed by atoms with Crippen molar-refractivity contribution in [3.8, 4) is 0 Å². The van der Waals surface area contributed by atoms with Gasteiger partial charge in [-0.05, 0) is 31.0 Å². The van der Waals surface area contributed by atoms with E-state index in [1.54, 1.807) is 0 Å². The maximum Gasteiger partial charge on any atom is 0.305 e. The van der Waals surface area contributed by atoms with Crippen LogP contribution >= 0.6 is 0 Å². The quantitative estimate of drug-likeness (QED) is 0.748. The highest BCUT2D eigenvalue weighted by Crippen LogP contribution is 2.11. The minimum absolute atomic E-state index is 0.156. The van der Waals surface area contributed by atoms with Gasteiger partial charge in [-0.1, -0.05) is 24.3 Å². The number of benzene rings is 1. The predicted octanol–water partition coefficient (Wildman–Crippen LogP) is 1.63. The van der Waals surface area contributed by atoms with E-state index in [1.807, 2.05) is 36.1 Å². The number of methoxy groups -OCH3 is 1. The first-order valence-electron chi connectivity index (χ1n) is 8.21. The fraction of sp³-hybridized carbons (Fsp3) is 0.556. The summed E-state index contributed by atoms with van der Waals surface area (Å²) in [5.41, 5.74) is 2.28. The maximum atomic E-state index is 12.4. The van der Waals surface area contributed by atoms with E-state index in [1.165, 1.54) is 12.7 Å². The van der Waals surface area contributed by atoms with E-state index in [-0.39, 0.29) is 11.9 Å². The van der Waals surface area contributed by atoms with E-state index in [0.29, 0.717) is 12.8 Å². The maximum absolute atomic E-state index is 12.4. The van der Waals surface area contributed by atoms with Gasteiger partial charge in [-0.2, -0.15) is 0 Å². The SMILES string of the molecule is COC(=O)CCCN1CCN(C(=O)Cc2ccccc2C)CC1. The predicted molar refractivity (Wildman–Crippen MR) is 89.2 cm³/mol. The van der Waals surface area contributed by atoms with Gasteiger partial charge < -0.3 is 9.64 Å². The summed E-state index contributed by atoms with van der Waals surface area (Å²) in [5.74, 6) is 0.0468. The molecule has 1 saturated heterocycles. The number of carbonyl (C=O) groups excluding carboxylic acids is 2. The number of aryl methyl sites for hydroxylation is 1. The molecule has 0 aliphatic carbocycles. The molecule has 5 nitrogen and oxygen atoms in total. The zero-order chi connectivity index (χ0) is 16.7. The molecule has 0 radical (unpaired) electrons. The molecule has 1 aliphatic heterocycles. The molecule has 1 amide bonds. The molecule has 0 unspecified atom stereocenters. The fourth-order valence-electron chi connectivity index (χ4n) is 2.85. The Bertz CT molecular complexity index is 537. The molecule has 1 heterocycles. The van der Waals surface area contributed by atoms with Crippen molar-refractivity contribution in [2.24, 2.45) is 0 Å². The molecule has 0 aromatic heterocycles. The topological polar surface area (TPSA) is 49.9 Å². The first kappa shape index (κ1) is 17.5. The summed E-state index contributed by atoms with van der Waals surface area (Å²) in [6.07, 6.45) is 1.75. The second-order valence-corrected chi connectivity index (χ2v) is 6.01. The minimum atomic E-state index is -0.156. The summed E-state index contributed by atoms with van der Waals surface area (Å²) >= 11 is 0. The van der Waals surface area contributed by atoms with Crippen LogP contribution in [0.25, 0.3) is 0 Å². The highest BCUT2D eigenvalue weighted by molar-refractivity contribution is 5.79. The third kappa shape index (κ3) is 5.36. The minimum Gasteiger partial charge on any atom is -0.469 e. The Hall–Kier alpha value is -1.88. The van der Waals surface area contributed by atoms with Crippen LogP contribution in [0.4, 0.5) is 0 Å². The lowest BCUT2D eigenvalue weighted by atomic mass is 10.1. The summed E-state index contributed by atoms with van der Waals surface area (Å²) < 4.78 is 4.64. The Labute approximate surface area is 138 Å². The molecule has 23 heavy (non-hydrogen) atoms. The average molecular weight is 318 g/mol. The highest BCUT2D eigenvalue weighted by Gasteiger charge is 2.21. The van der Waals surface area contributed by atoms with Crippen LogP contribution in [0.1, 0.15) is 24.0 Å². The van der Waals surface area contributed by atoms with Gasteiger partial charge in [0.1, 0.15) is 0 Å². The molecular weight excluding hydrogens is 292 g/mol. The van der Waals surface area contributed by atoms with Gasteiger partial charge in [0, 0.05) is 32.6 Å². The number of nitrogens with zero attached hydrogens (tertiary/aromatic N) is 2. The summed E-state index contributed by atoms with van der Waals surface area (Å²) in [5, 5.41) is 0. The van der Waals surface area contributed by atoms with E-state index in [0.717, 1.165) is 44.7 Å². The van der Waals surface area contributed by atoms with E-state index >= 15 is 0 Å². The van der Waals surface area contributed by atoms with Crippen molar-refractivity contribution in [1.82, 2.24) is 9.80 Å². The molecule has 0 spiro atoms. The van der Waals surface area contributed by atoms with Crippen molar-refractivity contribution >= 4 is 11.9 Å². The lowest BCUT2D eigenvalue weighted by Gasteiger charge is -2.34. The van der Waals surface area contributed by atoms with Crippen LogP contribution in [0, 0.1) is 6.92 Å². The normalized spacial score (nSPS) is 15.5. The lowest BCUT2D eigenvalue weighted by Crippen LogP contribution is -2.49. The average Bonchev–Trinajstić information content (AvgIpc) is 2.57. The van der Waals surface area contributed by atoms with Crippen molar-refractivity contribution in [1.29, 1.82) is 0 Å². The Morgan fingerprint density at radius 1 is 1.13 bits per heavy atom. The summed E-state index contributed by atoms with van der Waals surface area (Å²) in [4.78, 5) is 27.8. The monoisotopic (exact) mass is 318 g/mol. The number of ether oxygens (including phenoxy) is 1. The van der Waals surface area contributed by atoms with Gasteiger partial charge in [0.2, 0.25) is 5.91 Å². The van der Waals surface area contributed by atoms with Crippen LogP contribution in [0.2, 0.25) is 0 Å². The van der Waals surface area contributed by atoms with Crippen molar-refractivity contribution in [3.63, 3.8) is 0 Å². The van der Waals surface area contributed by atoms with Crippen LogP contribution in [-0.2, 0) is 20.7 Å². The zero-order valence-electron chi connectivity index (χ0n) is 14.1. The number of carbonyl (C=O) groups is 2. The molecule has 1 fully saturated rings. The van der Waals surface area contributed by atoms with Gasteiger partial charge in [-0.15, -0.1) is 0 Å². The first-order valence-corrected chi connectivity index (χ1v) is 8.21. The highest BCUT2D eigenvalue weighted by atomic mass is 16.5. The zero-order valence-corrected chi connectivity index (χ0v) is 14.1. The van der Waals surface area contributed by atoms with Crippen molar-refractivity contribution in [2.75, 3.05) is 39.8 Å². The van der Waals surface area contributed by atoms with Gasteiger partial charge in [-0.25, -0.2) is 0 Å². The standard InChI is InChI=1S/C18H26N2O3/c1-15-6-3-4-7-16(15)14-17(21)20-12-10-19(11-13-20)9-5-8-18(22)23-2/h3-4,6-7H,5,8-14H2,1-2H3. The Balaban J connectivity index is 1.72. The number of hydrogen-bond donors (Lipinski definition) is 0. The van der Waals surface area contributed by atoms with Gasteiger partial charge in [-0.3, -0.25) is 14.5 Å². The number of esters is 1. The molecule has 5 heteroatoms. The van der Waals surface area contributed by atoms with E-state index < -0.39 is 0 Å². The fourth-order valence-corrected chi connectivity index (χ4v) is 2.85. The first-order chi connectivity index (χ1) is 11.1. The number of hydrogen-bond acceptors (Lipinski definition) is 4. The molecule has 0 saturated carbocycles. The second kappa shape index (κ2) is 8.67. The number of piperazine rings is 1. The molecular formula is C18H26N2O3. The molecule has 0 bridgehead atoms. The molecule has 0 atom stereocenters. The molecule has 1 aromatic carbocycles. The van der Waals surface area contributed by atoms with Crippen LogP contribution in [0.5, 0.6) is 0 Å². The molecule has 2 rings (SSSR count). The largest absolute Gasteiger partial charge is 0.469 e. The van der Waals surface area contributed by atoms with Crippen LogP contribution in [0.3, 0.4) is 0 Å². The van der Waals surface area contributed by atoms with Gasteiger partial charge >= 0.3 is 5.97 Å². The Morgan fingerprint density at radius 2 is 1.83 bits per heavy atom. The summed E-state index contributed by atoms with van der Waals surface area (Å²) in [7, 11) is 1.42. The third-order valence-electron chi connectivity index (χ3n) is 4.41. The summed E-state index contributed by atoms with van der Waals surface area (Å²) in [6.45, 7) is 6.21. The van der Waals surface area contributed by atoms with Crippen molar-refractivity contribution in [2.45, 2.75) is 26.2 Å². The lowest BCUT2D eigenvalue weighted by molar-refractivity contribution is -0.140. The molecule has 1 aliphatic rings. The number of rotatable bonds is 6. The van der Waals surface area contributed by atoms with Gasteiger partial charge in [0.25, 0.3) is 0 Å². The van der Waals surface area contributed by atoms with Crippen molar-refractivity contribution < 1.29 is 14.3 Å². The third-order valence-corrected chi connectivity index (χ3v) is 4.41. The van der Waals surface area contributed by atoms with Crippen LogP contribution < -0.4 is 0 Å². The Kier molecular flexibility index (Phi) is 6.59. The van der Waals surface area contributed by atoms with E-state index in [9.17, 15) is 9.59 Å². The molecule has 0 N–H and O–H groups in total.